The number of fused-ring (bicyclic) bond motifs is 1. The lowest BCUT2D eigenvalue weighted by molar-refractivity contribution is 0.625. The van der Waals surface area contributed by atoms with Gasteiger partial charge in [-0.3, -0.25) is 4.68 Å². The third-order valence-electron chi connectivity index (χ3n) is 4.14. The van der Waals surface area contributed by atoms with Crippen molar-refractivity contribution in [3.8, 4) is 0 Å². The Morgan fingerprint density at radius 3 is 2.74 bits per heavy atom. The Balaban J connectivity index is 2.09. The van der Waals surface area contributed by atoms with Crippen molar-refractivity contribution < 1.29 is 0 Å². The van der Waals surface area contributed by atoms with Crippen molar-refractivity contribution in [2.45, 2.75) is 25.7 Å². The highest BCUT2D eigenvalue weighted by Crippen LogP contribution is 2.37. The fourth-order valence-electron chi connectivity index (χ4n) is 3.19. The van der Waals surface area contributed by atoms with Gasteiger partial charge in [0.2, 0.25) is 5.96 Å². The summed E-state index contributed by atoms with van der Waals surface area (Å²) in [5, 5.41) is 13.4. The van der Waals surface area contributed by atoms with Crippen LogP contribution >= 0.6 is 11.6 Å². The van der Waals surface area contributed by atoms with Gasteiger partial charge in [-0.15, -0.1) is 5.10 Å². The highest BCUT2D eigenvalue weighted by molar-refractivity contribution is 6.31. The van der Waals surface area contributed by atoms with E-state index in [1.54, 1.807) is 0 Å². The molecule has 0 bridgehead atoms. The van der Waals surface area contributed by atoms with E-state index in [1.807, 2.05) is 36.9 Å². The van der Waals surface area contributed by atoms with Gasteiger partial charge in [0.25, 0.3) is 0 Å². The summed E-state index contributed by atoms with van der Waals surface area (Å²) >= 11 is 6.38. The Bertz CT molecular complexity index is 801. The van der Waals surface area contributed by atoms with Crippen molar-refractivity contribution in [3.63, 3.8) is 0 Å². The summed E-state index contributed by atoms with van der Waals surface area (Å²) in [5.41, 5.74) is 15.9. The van der Waals surface area contributed by atoms with E-state index < -0.39 is 0 Å². The molecule has 4 N–H and O–H groups in total. The first-order chi connectivity index (χ1) is 11.0. The predicted molar refractivity (Wildman–Crippen MR) is 92.8 cm³/mol. The van der Waals surface area contributed by atoms with E-state index in [0.717, 1.165) is 46.1 Å². The average Bonchev–Trinajstić information content (AvgIpc) is 2.80. The molecule has 0 radical (unpaired) electrons. The maximum Gasteiger partial charge on any atom is 0.211 e. The first-order valence-corrected chi connectivity index (χ1v) is 7.78. The van der Waals surface area contributed by atoms with Crippen LogP contribution in [0.1, 0.15) is 34.9 Å². The maximum absolute atomic E-state index is 6.38. The molecule has 0 saturated carbocycles. The zero-order valence-electron chi connectivity index (χ0n) is 13.1. The Kier molecular flexibility index (Phi) is 4.09. The first-order valence-electron chi connectivity index (χ1n) is 7.40. The molecule has 1 aromatic heterocycles. The van der Waals surface area contributed by atoms with Crippen molar-refractivity contribution in [3.05, 3.63) is 51.8 Å². The van der Waals surface area contributed by atoms with Gasteiger partial charge in [-0.25, -0.2) is 0 Å². The molecule has 1 aromatic carbocycles. The molecule has 120 valence electrons. The van der Waals surface area contributed by atoms with Crippen LogP contribution < -0.4 is 11.5 Å². The molecule has 1 aliphatic rings. The van der Waals surface area contributed by atoms with E-state index >= 15 is 0 Å². The minimum atomic E-state index is -0.0551. The third-order valence-corrected chi connectivity index (χ3v) is 4.48. The van der Waals surface area contributed by atoms with E-state index in [9.17, 15) is 0 Å². The van der Waals surface area contributed by atoms with E-state index in [1.165, 1.54) is 0 Å². The van der Waals surface area contributed by atoms with Crippen LogP contribution in [-0.4, -0.2) is 21.5 Å². The zero-order chi connectivity index (χ0) is 16.6. The molecule has 3 rings (SSSR count). The monoisotopic (exact) mass is 330 g/mol. The smallest absolute Gasteiger partial charge is 0.211 e. The summed E-state index contributed by atoms with van der Waals surface area (Å²) in [6.45, 7) is 1.97. The molecule has 0 fully saturated rings. The van der Waals surface area contributed by atoms with Crippen molar-refractivity contribution in [1.82, 2.24) is 9.78 Å². The fourth-order valence-corrected chi connectivity index (χ4v) is 3.48. The van der Waals surface area contributed by atoms with E-state index in [4.69, 9.17) is 23.1 Å². The summed E-state index contributed by atoms with van der Waals surface area (Å²) in [6.07, 6.45) is 1.58. The van der Waals surface area contributed by atoms with Gasteiger partial charge in [-0.2, -0.15) is 10.2 Å². The van der Waals surface area contributed by atoms with Crippen molar-refractivity contribution >= 4 is 23.3 Å². The Labute approximate surface area is 139 Å². The predicted octanol–water partition coefficient (Wildman–Crippen LogP) is 2.09. The average molecular weight is 331 g/mol. The third kappa shape index (κ3) is 2.94. The maximum atomic E-state index is 6.38. The lowest BCUT2D eigenvalue weighted by Gasteiger charge is -2.25. The van der Waals surface area contributed by atoms with Crippen LogP contribution in [-0.2, 0) is 13.5 Å². The molecule has 1 unspecified atom stereocenters. The number of hydrogen-bond acceptors (Lipinski definition) is 3. The minimum absolute atomic E-state index is 0.0551. The number of benzene rings is 1. The van der Waals surface area contributed by atoms with Gasteiger partial charge in [0.1, 0.15) is 0 Å². The van der Waals surface area contributed by atoms with Crippen LogP contribution in [0.25, 0.3) is 0 Å². The van der Waals surface area contributed by atoms with Gasteiger partial charge >= 0.3 is 0 Å². The summed E-state index contributed by atoms with van der Waals surface area (Å²) < 4.78 is 1.90. The number of nitrogens with two attached hydrogens (primary N) is 2. The van der Waals surface area contributed by atoms with Crippen LogP contribution in [0.3, 0.4) is 0 Å². The number of hydrogen-bond donors (Lipinski definition) is 2. The first kappa shape index (κ1) is 15.6. The lowest BCUT2D eigenvalue weighted by atomic mass is 9.81. The minimum Gasteiger partial charge on any atom is -0.369 e. The summed E-state index contributed by atoms with van der Waals surface area (Å²) in [4.78, 5) is 0. The van der Waals surface area contributed by atoms with Gasteiger partial charge in [0.15, 0.2) is 0 Å². The Morgan fingerprint density at radius 1 is 1.30 bits per heavy atom. The normalized spacial score (nSPS) is 18.7. The van der Waals surface area contributed by atoms with Crippen molar-refractivity contribution in [2.24, 2.45) is 28.7 Å². The molecule has 7 heteroatoms. The largest absolute Gasteiger partial charge is 0.369 e. The molecular formula is C16H19ClN6. The van der Waals surface area contributed by atoms with Crippen molar-refractivity contribution in [1.29, 1.82) is 0 Å². The number of aromatic nitrogens is 2. The number of nitrogens with zero attached hydrogens (tertiary/aromatic N) is 4. The standard InChI is InChI=1S/C16H19ClN6/c1-9-15-13(20-21-16(18)19)7-10(8-14(15)23(2)22-9)11-5-3-4-6-12(11)17/h3-6,10H,7-8H2,1-2H3,(H4,18,19,21). The molecule has 1 aliphatic carbocycles. The number of rotatable bonds is 2. The molecule has 23 heavy (non-hydrogen) atoms. The second kappa shape index (κ2) is 6.04. The molecule has 0 aliphatic heterocycles. The molecular weight excluding hydrogens is 312 g/mol. The number of halogens is 1. The highest BCUT2D eigenvalue weighted by Gasteiger charge is 2.30. The molecule has 1 atom stereocenters. The zero-order valence-corrected chi connectivity index (χ0v) is 13.9. The summed E-state index contributed by atoms with van der Waals surface area (Å²) in [5.74, 6) is 0.166. The van der Waals surface area contributed by atoms with Crippen LogP contribution in [0.4, 0.5) is 0 Å². The van der Waals surface area contributed by atoms with Crippen molar-refractivity contribution in [2.75, 3.05) is 0 Å². The topological polar surface area (TPSA) is 94.6 Å². The Morgan fingerprint density at radius 2 is 2.04 bits per heavy atom. The SMILES string of the molecule is Cc1nn(C)c2c1C(=NN=C(N)N)CC(c1ccccc1Cl)C2. The summed E-state index contributed by atoms with van der Waals surface area (Å²) in [6, 6.07) is 7.90. The molecule has 0 saturated heterocycles. The van der Waals surface area contributed by atoms with Gasteiger partial charge in [-0.1, -0.05) is 29.8 Å². The van der Waals surface area contributed by atoms with Crippen LogP contribution in [0.2, 0.25) is 5.02 Å². The second-order valence-electron chi connectivity index (χ2n) is 5.73. The molecule has 6 nitrogen and oxygen atoms in total. The van der Waals surface area contributed by atoms with Gasteiger partial charge in [0.05, 0.1) is 11.4 Å². The van der Waals surface area contributed by atoms with Gasteiger partial charge in [0, 0.05) is 23.3 Å². The highest BCUT2D eigenvalue weighted by atomic mass is 35.5. The molecule has 2 aromatic rings. The van der Waals surface area contributed by atoms with Gasteiger partial charge < -0.3 is 11.5 Å². The van der Waals surface area contributed by atoms with E-state index in [2.05, 4.69) is 21.4 Å². The van der Waals surface area contributed by atoms with Crippen LogP contribution in [0.15, 0.2) is 34.5 Å². The van der Waals surface area contributed by atoms with Gasteiger partial charge in [-0.05, 0) is 37.3 Å². The lowest BCUT2D eigenvalue weighted by Crippen LogP contribution is -2.24. The molecule has 0 amide bonds. The van der Waals surface area contributed by atoms with Crippen LogP contribution in [0, 0.1) is 6.92 Å². The van der Waals surface area contributed by atoms with E-state index in [0.29, 0.717) is 0 Å². The Hall–Kier alpha value is -2.34. The van der Waals surface area contributed by atoms with Crippen LogP contribution in [0.5, 0.6) is 0 Å². The second-order valence-corrected chi connectivity index (χ2v) is 6.14. The number of aryl methyl sites for hydroxylation is 2. The van der Waals surface area contributed by atoms with E-state index in [-0.39, 0.29) is 11.9 Å². The molecule has 1 heterocycles. The molecule has 0 spiro atoms. The fraction of sp³-hybridized carbons (Fsp3) is 0.312. The number of guanidine groups is 1. The quantitative estimate of drug-likeness (QED) is 0.501. The summed E-state index contributed by atoms with van der Waals surface area (Å²) in [7, 11) is 1.94.